The molecule has 2 aliphatic rings. The smallest absolute Gasteiger partial charge is 0.222 e. The summed E-state index contributed by atoms with van der Waals surface area (Å²) in [6.45, 7) is 7.68. The van der Waals surface area contributed by atoms with E-state index in [1.165, 1.54) is 25.7 Å². The summed E-state index contributed by atoms with van der Waals surface area (Å²) >= 11 is 0. The normalized spacial score (nSPS) is 25.8. The molecule has 30 heavy (non-hydrogen) atoms. The van der Waals surface area contributed by atoms with Crippen LogP contribution in [0.15, 0.2) is 6.20 Å². The van der Waals surface area contributed by atoms with E-state index in [0.717, 1.165) is 24.7 Å². The van der Waals surface area contributed by atoms with E-state index in [-0.39, 0.29) is 30.6 Å². The van der Waals surface area contributed by atoms with E-state index < -0.39 is 0 Å². The number of carbonyl (C=O) groups excluding carboxylic acids is 1. The second-order valence-electron chi connectivity index (χ2n) is 9.33. The Bertz CT molecular complexity index is 661. The van der Waals surface area contributed by atoms with Crippen LogP contribution in [0.1, 0.15) is 58.1 Å². The average molecular weight is 422 g/mol. The molecule has 1 N–H and O–H groups in total. The van der Waals surface area contributed by atoms with Crippen LogP contribution in [-0.2, 0) is 22.7 Å². The Morgan fingerprint density at radius 3 is 2.80 bits per heavy atom. The number of fused-ring (bicyclic) bond motifs is 1. The van der Waals surface area contributed by atoms with E-state index in [1.54, 1.807) is 6.20 Å². The lowest BCUT2D eigenvalue weighted by Crippen LogP contribution is -2.47. The number of carbonyl (C=O) groups is 1. The van der Waals surface area contributed by atoms with Gasteiger partial charge in [-0.2, -0.15) is 0 Å². The third-order valence-corrected chi connectivity index (χ3v) is 6.68. The van der Waals surface area contributed by atoms with E-state index in [0.29, 0.717) is 32.5 Å². The topological polar surface area (TPSA) is 83.7 Å². The molecule has 1 fully saturated rings. The van der Waals surface area contributed by atoms with Crippen molar-refractivity contribution < 1.29 is 14.6 Å². The van der Waals surface area contributed by atoms with Crippen LogP contribution in [0.25, 0.3) is 0 Å². The molecule has 1 saturated carbocycles. The molecule has 0 aromatic carbocycles. The highest BCUT2D eigenvalue weighted by Crippen LogP contribution is 2.26. The number of aliphatic hydroxyl groups excluding tert-OH is 1. The Morgan fingerprint density at radius 2 is 2.07 bits per heavy atom. The molecule has 0 spiro atoms. The van der Waals surface area contributed by atoms with E-state index in [9.17, 15) is 9.90 Å². The van der Waals surface area contributed by atoms with Crippen LogP contribution in [0, 0.1) is 11.8 Å². The minimum atomic E-state index is -0.193. The van der Waals surface area contributed by atoms with Crippen molar-refractivity contribution in [3.8, 4) is 0 Å². The highest BCUT2D eigenvalue weighted by atomic mass is 16.5. The number of aromatic nitrogens is 3. The first-order valence-corrected chi connectivity index (χ1v) is 11.6. The zero-order valence-electron chi connectivity index (χ0n) is 18.9. The number of aliphatic hydroxyl groups is 1. The number of aryl methyl sites for hydroxylation is 1. The summed E-state index contributed by atoms with van der Waals surface area (Å²) in [5.41, 5.74) is 0.958. The lowest BCUT2D eigenvalue weighted by molar-refractivity contribution is -0.136. The van der Waals surface area contributed by atoms with Gasteiger partial charge in [-0.25, -0.2) is 4.68 Å². The van der Waals surface area contributed by atoms with Crippen LogP contribution in [0.4, 0.5) is 0 Å². The van der Waals surface area contributed by atoms with Crippen molar-refractivity contribution in [1.29, 1.82) is 0 Å². The van der Waals surface area contributed by atoms with Gasteiger partial charge in [-0.05, 0) is 39.2 Å². The lowest BCUT2D eigenvalue weighted by atomic mass is 10.0. The molecule has 1 amide bonds. The minimum Gasteiger partial charge on any atom is -0.394 e. The van der Waals surface area contributed by atoms with E-state index >= 15 is 0 Å². The first-order chi connectivity index (χ1) is 14.5. The molecule has 1 aliphatic carbocycles. The third-order valence-electron chi connectivity index (χ3n) is 6.68. The molecule has 1 aromatic heterocycles. The fraction of sp³-hybridized carbons (Fsp3) is 0.864. The van der Waals surface area contributed by atoms with Gasteiger partial charge in [0.25, 0.3) is 0 Å². The highest BCUT2D eigenvalue weighted by molar-refractivity contribution is 5.76. The summed E-state index contributed by atoms with van der Waals surface area (Å²) in [5, 5.41) is 17.9. The predicted octanol–water partition coefficient (Wildman–Crippen LogP) is 1.92. The molecule has 2 heterocycles. The maximum atomic E-state index is 12.9. The first kappa shape index (κ1) is 23.2. The molecule has 0 saturated heterocycles. The number of likely N-dealkylation sites (N-methyl/N-ethyl adjacent to an activating group) is 1. The number of hydrogen-bond acceptors (Lipinski definition) is 6. The Hall–Kier alpha value is -1.51. The van der Waals surface area contributed by atoms with Crippen LogP contribution in [0.2, 0.25) is 0 Å². The summed E-state index contributed by atoms with van der Waals surface area (Å²) in [7, 11) is 2.18. The quantitative estimate of drug-likeness (QED) is 0.756. The molecule has 3 rings (SSSR count). The third kappa shape index (κ3) is 6.25. The van der Waals surface area contributed by atoms with Crippen LogP contribution in [-0.4, -0.2) is 81.2 Å². The number of rotatable bonds is 6. The van der Waals surface area contributed by atoms with Gasteiger partial charge in [0, 0.05) is 38.5 Å². The van der Waals surface area contributed by atoms with Gasteiger partial charge in [-0.3, -0.25) is 4.79 Å². The minimum absolute atomic E-state index is 0.0135. The van der Waals surface area contributed by atoms with Crippen molar-refractivity contribution in [2.75, 3.05) is 33.3 Å². The average Bonchev–Trinajstić information content (AvgIpc) is 3.39. The molecule has 1 aliphatic heterocycles. The van der Waals surface area contributed by atoms with Crippen molar-refractivity contribution in [2.24, 2.45) is 11.8 Å². The standard InChI is InChI=1S/C22H39N5O3/c1-17-12-26(18(2)15-28)22(29)9-6-10-27-20(11-23-24-27)16-30-21(17)14-25(3)13-19-7-4-5-8-19/h11,17-19,21,28H,4-10,12-16H2,1-3H3/t17-,18-,21-/m0/s1. The SMILES string of the molecule is C[C@H]1CN([C@@H](C)CO)C(=O)CCCn2nncc2CO[C@H]1CN(C)CC1CCCC1. The number of amides is 1. The number of nitrogens with zero attached hydrogens (tertiary/aromatic N) is 5. The van der Waals surface area contributed by atoms with E-state index in [4.69, 9.17) is 4.74 Å². The molecule has 8 heteroatoms. The molecule has 0 unspecified atom stereocenters. The fourth-order valence-corrected chi connectivity index (χ4v) is 4.76. The Kier molecular flexibility index (Phi) is 8.65. The van der Waals surface area contributed by atoms with Gasteiger partial charge >= 0.3 is 0 Å². The largest absolute Gasteiger partial charge is 0.394 e. The lowest BCUT2D eigenvalue weighted by Gasteiger charge is -2.36. The monoisotopic (exact) mass is 421 g/mol. The zero-order chi connectivity index (χ0) is 21.5. The molecule has 170 valence electrons. The zero-order valence-corrected chi connectivity index (χ0v) is 18.9. The molecule has 1 aromatic rings. The summed E-state index contributed by atoms with van der Waals surface area (Å²) < 4.78 is 8.25. The Balaban J connectivity index is 1.73. The van der Waals surface area contributed by atoms with Crippen molar-refractivity contribution >= 4 is 5.91 Å². The van der Waals surface area contributed by atoms with Crippen LogP contribution < -0.4 is 0 Å². The van der Waals surface area contributed by atoms with E-state index in [1.807, 2.05) is 16.5 Å². The predicted molar refractivity (Wildman–Crippen MR) is 115 cm³/mol. The second kappa shape index (κ2) is 11.2. The van der Waals surface area contributed by atoms with Gasteiger partial charge in [-0.15, -0.1) is 5.10 Å². The van der Waals surface area contributed by atoms with Crippen molar-refractivity contribution in [2.45, 2.75) is 77.7 Å². The highest BCUT2D eigenvalue weighted by Gasteiger charge is 2.29. The van der Waals surface area contributed by atoms with Gasteiger partial charge in [0.1, 0.15) is 0 Å². The molecular weight excluding hydrogens is 382 g/mol. The molecule has 0 bridgehead atoms. The fourth-order valence-electron chi connectivity index (χ4n) is 4.76. The van der Waals surface area contributed by atoms with Crippen LogP contribution in [0.3, 0.4) is 0 Å². The van der Waals surface area contributed by atoms with Gasteiger partial charge in [0.15, 0.2) is 0 Å². The van der Waals surface area contributed by atoms with Crippen LogP contribution in [0.5, 0.6) is 0 Å². The molecule has 8 nitrogen and oxygen atoms in total. The summed E-state index contributed by atoms with van der Waals surface area (Å²) in [5.74, 6) is 1.02. The maximum Gasteiger partial charge on any atom is 0.222 e. The van der Waals surface area contributed by atoms with Crippen LogP contribution >= 0.6 is 0 Å². The summed E-state index contributed by atoms with van der Waals surface area (Å²) in [6.07, 6.45) is 8.25. The first-order valence-electron chi connectivity index (χ1n) is 11.6. The number of hydrogen-bond donors (Lipinski definition) is 1. The van der Waals surface area contributed by atoms with Crippen molar-refractivity contribution in [3.63, 3.8) is 0 Å². The Morgan fingerprint density at radius 1 is 1.30 bits per heavy atom. The van der Waals surface area contributed by atoms with Gasteiger partial charge in [-0.1, -0.05) is 25.0 Å². The summed E-state index contributed by atoms with van der Waals surface area (Å²) in [4.78, 5) is 17.1. The molecule has 3 atom stereocenters. The molecule has 0 radical (unpaired) electrons. The van der Waals surface area contributed by atoms with E-state index in [2.05, 4.69) is 29.2 Å². The van der Waals surface area contributed by atoms with Crippen molar-refractivity contribution in [1.82, 2.24) is 24.8 Å². The summed E-state index contributed by atoms with van der Waals surface area (Å²) in [6, 6.07) is -0.193. The van der Waals surface area contributed by atoms with Gasteiger partial charge < -0.3 is 19.6 Å². The number of ether oxygens (including phenoxy) is 1. The molecular formula is C22H39N5O3. The Labute approximate surface area is 180 Å². The second-order valence-corrected chi connectivity index (χ2v) is 9.33. The van der Waals surface area contributed by atoms with Gasteiger partial charge in [0.05, 0.1) is 37.3 Å². The van der Waals surface area contributed by atoms with Crippen molar-refractivity contribution in [3.05, 3.63) is 11.9 Å². The van der Waals surface area contributed by atoms with Gasteiger partial charge in [0.2, 0.25) is 5.91 Å². The maximum absolute atomic E-state index is 12.9.